The van der Waals surface area contributed by atoms with Gasteiger partial charge in [0.05, 0.1) is 28.4 Å². The second-order valence-electron chi connectivity index (χ2n) is 5.23. The van der Waals surface area contributed by atoms with Crippen LogP contribution < -0.4 is 4.90 Å². The quantitative estimate of drug-likeness (QED) is 0.835. The Bertz CT molecular complexity index is 702. The van der Waals surface area contributed by atoms with Gasteiger partial charge in [-0.05, 0) is 23.3 Å². The van der Waals surface area contributed by atoms with Gasteiger partial charge in [-0.15, -0.1) is 0 Å². The van der Waals surface area contributed by atoms with Gasteiger partial charge in [0.15, 0.2) is 0 Å². The van der Waals surface area contributed by atoms with E-state index in [2.05, 4.69) is 11.9 Å². The summed E-state index contributed by atoms with van der Waals surface area (Å²) in [7, 11) is 0. The first-order valence-electron chi connectivity index (χ1n) is 6.75. The Labute approximate surface area is 133 Å². The number of hydrogen-bond acceptors (Lipinski definition) is 2. The number of carbonyl (C=O) groups is 1. The van der Waals surface area contributed by atoms with Gasteiger partial charge in [0.1, 0.15) is 0 Å². The second kappa shape index (κ2) is 5.66. The van der Waals surface area contributed by atoms with E-state index in [1.165, 1.54) is 0 Å². The van der Waals surface area contributed by atoms with E-state index in [1.807, 2.05) is 12.1 Å². The van der Waals surface area contributed by atoms with E-state index < -0.39 is 0 Å². The van der Waals surface area contributed by atoms with E-state index in [-0.39, 0.29) is 12.3 Å². The Balaban J connectivity index is 1.86. The number of carbonyl (C=O) groups excluding carboxylic acids is 1. The number of nitrogens with zero attached hydrogens (tertiary/aromatic N) is 2. The normalized spacial score (nSPS) is 16.9. The van der Waals surface area contributed by atoms with Gasteiger partial charge in [-0.1, -0.05) is 42.3 Å². The summed E-state index contributed by atoms with van der Waals surface area (Å²) in [6.07, 6.45) is 3.74. The minimum atomic E-state index is 0.0118. The SMILES string of the molecule is CC1CN(C(=O)Cc2cccc(Cl)c2Cl)c2cnccc21. The first-order chi connectivity index (χ1) is 10.1. The van der Waals surface area contributed by atoms with Crippen LogP contribution in [-0.2, 0) is 11.2 Å². The molecule has 0 saturated carbocycles. The van der Waals surface area contributed by atoms with Gasteiger partial charge < -0.3 is 4.90 Å². The van der Waals surface area contributed by atoms with Crippen LogP contribution in [0.25, 0.3) is 0 Å². The maximum atomic E-state index is 12.6. The molecule has 1 unspecified atom stereocenters. The van der Waals surface area contributed by atoms with Gasteiger partial charge in [-0.25, -0.2) is 0 Å². The summed E-state index contributed by atoms with van der Waals surface area (Å²) in [5.74, 6) is 0.333. The fraction of sp³-hybridized carbons (Fsp3) is 0.250. The summed E-state index contributed by atoms with van der Waals surface area (Å²) in [6, 6.07) is 7.32. The topological polar surface area (TPSA) is 33.2 Å². The Kier molecular flexibility index (Phi) is 3.87. The Morgan fingerprint density at radius 3 is 3.00 bits per heavy atom. The zero-order valence-corrected chi connectivity index (χ0v) is 13.0. The number of benzene rings is 1. The lowest BCUT2D eigenvalue weighted by molar-refractivity contribution is -0.117. The Morgan fingerprint density at radius 1 is 1.38 bits per heavy atom. The first-order valence-corrected chi connectivity index (χ1v) is 7.50. The molecule has 3 nitrogen and oxygen atoms in total. The molecule has 1 amide bonds. The molecule has 0 saturated heterocycles. The maximum Gasteiger partial charge on any atom is 0.231 e. The van der Waals surface area contributed by atoms with E-state index in [4.69, 9.17) is 23.2 Å². The third-order valence-electron chi connectivity index (χ3n) is 3.79. The van der Waals surface area contributed by atoms with E-state index >= 15 is 0 Å². The first kappa shape index (κ1) is 14.4. The predicted molar refractivity (Wildman–Crippen MR) is 85.2 cm³/mol. The molecule has 1 aliphatic rings. The summed E-state index contributed by atoms with van der Waals surface area (Å²) >= 11 is 12.2. The minimum Gasteiger partial charge on any atom is -0.310 e. The number of pyridine rings is 1. The van der Waals surface area contributed by atoms with E-state index in [0.717, 1.165) is 16.8 Å². The summed E-state index contributed by atoms with van der Waals surface area (Å²) < 4.78 is 0. The van der Waals surface area contributed by atoms with Crippen molar-refractivity contribution in [2.75, 3.05) is 11.4 Å². The van der Waals surface area contributed by atoms with Crippen LogP contribution in [-0.4, -0.2) is 17.4 Å². The third-order valence-corrected chi connectivity index (χ3v) is 4.64. The highest BCUT2D eigenvalue weighted by molar-refractivity contribution is 6.42. The lowest BCUT2D eigenvalue weighted by Gasteiger charge is -2.17. The fourth-order valence-electron chi connectivity index (χ4n) is 2.69. The number of anilines is 1. The van der Waals surface area contributed by atoms with E-state index in [1.54, 1.807) is 29.4 Å². The molecule has 108 valence electrons. The van der Waals surface area contributed by atoms with Crippen molar-refractivity contribution in [3.8, 4) is 0 Å². The third kappa shape index (κ3) is 2.63. The molecule has 3 rings (SSSR count). The Hall–Kier alpha value is -1.58. The zero-order valence-electron chi connectivity index (χ0n) is 11.5. The molecular weight excluding hydrogens is 307 g/mol. The predicted octanol–water partition coefficient (Wildman–Crippen LogP) is 4.08. The number of aromatic nitrogens is 1. The number of amides is 1. The number of fused-ring (bicyclic) bond motifs is 1. The van der Waals surface area contributed by atoms with E-state index in [0.29, 0.717) is 22.5 Å². The molecule has 0 spiro atoms. The largest absolute Gasteiger partial charge is 0.310 e. The van der Waals surface area contributed by atoms with Gasteiger partial charge in [0, 0.05) is 18.7 Å². The molecule has 0 fully saturated rings. The maximum absolute atomic E-state index is 12.6. The van der Waals surface area contributed by atoms with Gasteiger partial charge in [0.25, 0.3) is 0 Å². The summed E-state index contributed by atoms with van der Waals surface area (Å²) in [6.45, 7) is 2.79. The average Bonchev–Trinajstić information content (AvgIpc) is 2.82. The molecule has 0 aliphatic carbocycles. The van der Waals surface area contributed by atoms with Crippen LogP contribution in [0.2, 0.25) is 10.0 Å². The number of rotatable bonds is 2. The highest BCUT2D eigenvalue weighted by Crippen LogP contribution is 2.35. The van der Waals surface area contributed by atoms with Gasteiger partial charge in [-0.2, -0.15) is 0 Å². The molecule has 1 atom stereocenters. The second-order valence-corrected chi connectivity index (χ2v) is 6.01. The molecule has 0 bridgehead atoms. The molecule has 2 aromatic rings. The molecular formula is C16H14Cl2N2O. The molecule has 0 radical (unpaired) electrons. The van der Waals surface area contributed by atoms with Crippen LogP contribution in [0.4, 0.5) is 5.69 Å². The van der Waals surface area contributed by atoms with E-state index in [9.17, 15) is 4.79 Å². The number of hydrogen-bond donors (Lipinski definition) is 0. The summed E-state index contributed by atoms with van der Waals surface area (Å²) in [5, 5.41) is 0.921. The van der Waals surface area contributed by atoms with Crippen LogP contribution in [0.5, 0.6) is 0 Å². The van der Waals surface area contributed by atoms with Crippen molar-refractivity contribution in [2.45, 2.75) is 19.3 Å². The Morgan fingerprint density at radius 2 is 2.19 bits per heavy atom. The summed E-state index contributed by atoms with van der Waals surface area (Å²) in [5.41, 5.74) is 2.81. The van der Waals surface area contributed by atoms with Crippen LogP contribution >= 0.6 is 23.2 Å². The minimum absolute atomic E-state index is 0.0118. The van der Waals surface area contributed by atoms with Crippen LogP contribution in [0, 0.1) is 0 Å². The van der Waals surface area contributed by atoms with Crippen molar-refractivity contribution in [1.82, 2.24) is 4.98 Å². The van der Waals surface area contributed by atoms with Gasteiger partial charge in [-0.3, -0.25) is 9.78 Å². The van der Waals surface area contributed by atoms with Crippen molar-refractivity contribution in [3.63, 3.8) is 0 Å². The van der Waals surface area contributed by atoms with Gasteiger partial charge >= 0.3 is 0 Å². The molecule has 2 heterocycles. The molecule has 1 aromatic carbocycles. The van der Waals surface area contributed by atoms with Crippen LogP contribution in [0.15, 0.2) is 36.7 Å². The standard InChI is InChI=1S/C16H14Cl2N2O/c1-10-9-20(14-8-19-6-5-12(10)14)15(21)7-11-3-2-4-13(17)16(11)18/h2-6,8,10H,7,9H2,1H3. The lowest BCUT2D eigenvalue weighted by atomic mass is 10.1. The highest BCUT2D eigenvalue weighted by Gasteiger charge is 2.30. The van der Waals surface area contributed by atoms with Crippen molar-refractivity contribution in [2.24, 2.45) is 0 Å². The molecule has 1 aromatic heterocycles. The van der Waals surface area contributed by atoms with Crippen molar-refractivity contribution in [1.29, 1.82) is 0 Å². The monoisotopic (exact) mass is 320 g/mol. The van der Waals surface area contributed by atoms with Crippen molar-refractivity contribution in [3.05, 3.63) is 57.8 Å². The lowest BCUT2D eigenvalue weighted by Crippen LogP contribution is -2.31. The zero-order chi connectivity index (χ0) is 15.0. The number of halogens is 2. The van der Waals surface area contributed by atoms with Crippen molar-refractivity contribution < 1.29 is 4.79 Å². The average molecular weight is 321 g/mol. The molecule has 5 heteroatoms. The van der Waals surface area contributed by atoms with Crippen molar-refractivity contribution >= 4 is 34.8 Å². The smallest absolute Gasteiger partial charge is 0.231 e. The molecule has 21 heavy (non-hydrogen) atoms. The van der Waals surface area contributed by atoms with Crippen LogP contribution in [0.1, 0.15) is 24.0 Å². The van der Waals surface area contributed by atoms with Gasteiger partial charge in [0.2, 0.25) is 5.91 Å². The summed E-state index contributed by atoms with van der Waals surface area (Å²) in [4.78, 5) is 18.5. The highest BCUT2D eigenvalue weighted by atomic mass is 35.5. The fourth-order valence-corrected chi connectivity index (χ4v) is 3.08. The molecule has 0 N–H and O–H groups in total. The van der Waals surface area contributed by atoms with Crippen LogP contribution in [0.3, 0.4) is 0 Å². The molecule has 1 aliphatic heterocycles.